The maximum Gasteiger partial charge on any atom is 0.331 e. The van der Waals surface area contributed by atoms with Crippen LogP contribution in [-0.4, -0.2) is 23.1 Å². The molecule has 0 spiro atoms. The second kappa shape index (κ2) is 8.77. The Labute approximate surface area is 121 Å². The molecule has 0 amide bonds. The van der Waals surface area contributed by atoms with Crippen molar-refractivity contribution in [3.8, 4) is 0 Å². The quantitative estimate of drug-likeness (QED) is 0.440. The zero-order valence-corrected chi connectivity index (χ0v) is 12.5. The Morgan fingerprint density at radius 3 is 2.65 bits per heavy atom. The number of carboxylic acids is 1. The molecule has 1 aliphatic carbocycles. The van der Waals surface area contributed by atoms with Crippen molar-refractivity contribution in [3.63, 3.8) is 0 Å². The standard InChI is InChI=1S/C16H26O4/c1-3-4-5-6-13-11-12(2)7-8-14(13)20-16(19)10-9-15(17)18/h9-10,12-14H,3-8,11H2,1-2H3,(H,17,18). The van der Waals surface area contributed by atoms with Crippen LogP contribution in [-0.2, 0) is 14.3 Å². The summed E-state index contributed by atoms with van der Waals surface area (Å²) in [6, 6.07) is 0. The number of ether oxygens (including phenoxy) is 1. The summed E-state index contributed by atoms with van der Waals surface area (Å²) in [6.07, 6.45) is 9.53. The van der Waals surface area contributed by atoms with Crippen LogP contribution < -0.4 is 0 Å². The van der Waals surface area contributed by atoms with Gasteiger partial charge in [0, 0.05) is 12.2 Å². The minimum atomic E-state index is -1.13. The van der Waals surface area contributed by atoms with Crippen LogP contribution in [0.1, 0.15) is 58.8 Å². The van der Waals surface area contributed by atoms with E-state index in [2.05, 4.69) is 13.8 Å². The Kier molecular flexibility index (Phi) is 7.34. The van der Waals surface area contributed by atoms with Gasteiger partial charge in [0.05, 0.1) is 0 Å². The predicted octanol–water partition coefficient (Wildman–Crippen LogP) is 3.56. The molecule has 0 aliphatic heterocycles. The lowest BCUT2D eigenvalue weighted by molar-refractivity contribution is -0.148. The molecule has 0 aromatic carbocycles. The van der Waals surface area contributed by atoms with Gasteiger partial charge in [0.25, 0.3) is 0 Å². The number of hydrogen-bond acceptors (Lipinski definition) is 3. The number of carbonyl (C=O) groups is 2. The molecule has 3 atom stereocenters. The van der Waals surface area contributed by atoms with Gasteiger partial charge in [-0.1, -0.05) is 33.1 Å². The number of aliphatic carboxylic acids is 1. The Hall–Kier alpha value is -1.32. The first-order valence-electron chi connectivity index (χ1n) is 7.64. The van der Waals surface area contributed by atoms with Crippen LogP contribution in [0, 0.1) is 11.8 Å². The van der Waals surface area contributed by atoms with Crippen molar-refractivity contribution in [1.29, 1.82) is 0 Å². The average molecular weight is 282 g/mol. The molecular weight excluding hydrogens is 256 g/mol. The molecule has 3 unspecified atom stereocenters. The number of rotatable bonds is 7. The lowest BCUT2D eigenvalue weighted by Gasteiger charge is -2.34. The zero-order valence-electron chi connectivity index (χ0n) is 12.5. The molecule has 0 aromatic rings. The number of carboxylic acid groups (broad SMARTS) is 1. The van der Waals surface area contributed by atoms with Crippen LogP contribution in [0.15, 0.2) is 12.2 Å². The van der Waals surface area contributed by atoms with Gasteiger partial charge in [-0.2, -0.15) is 0 Å². The van der Waals surface area contributed by atoms with Crippen LogP contribution in [0.2, 0.25) is 0 Å². The van der Waals surface area contributed by atoms with Gasteiger partial charge in [-0.05, 0) is 37.5 Å². The first kappa shape index (κ1) is 16.7. The van der Waals surface area contributed by atoms with E-state index in [0.717, 1.165) is 37.8 Å². The van der Waals surface area contributed by atoms with Crippen molar-refractivity contribution in [3.05, 3.63) is 12.2 Å². The molecular formula is C16H26O4. The van der Waals surface area contributed by atoms with E-state index in [9.17, 15) is 9.59 Å². The van der Waals surface area contributed by atoms with Crippen molar-refractivity contribution < 1.29 is 19.4 Å². The third-order valence-corrected chi connectivity index (χ3v) is 3.98. The fraction of sp³-hybridized carbons (Fsp3) is 0.750. The van der Waals surface area contributed by atoms with E-state index < -0.39 is 11.9 Å². The Morgan fingerprint density at radius 1 is 1.25 bits per heavy atom. The maximum absolute atomic E-state index is 11.6. The molecule has 0 radical (unpaired) electrons. The van der Waals surface area contributed by atoms with Crippen molar-refractivity contribution in [2.24, 2.45) is 11.8 Å². The van der Waals surface area contributed by atoms with Gasteiger partial charge in [-0.25, -0.2) is 9.59 Å². The third-order valence-electron chi connectivity index (χ3n) is 3.98. The molecule has 0 heterocycles. The van der Waals surface area contributed by atoms with Gasteiger partial charge in [-0.3, -0.25) is 0 Å². The molecule has 0 aromatic heterocycles. The molecule has 0 bridgehead atoms. The van der Waals surface area contributed by atoms with E-state index >= 15 is 0 Å². The molecule has 0 saturated heterocycles. The fourth-order valence-corrected chi connectivity index (χ4v) is 2.91. The SMILES string of the molecule is CCCCCC1CC(C)CCC1OC(=O)C=CC(=O)O. The van der Waals surface area contributed by atoms with E-state index in [4.69, 9.17) is 9.84 Å². The first-order chi connectivity index (χ1) is 9.52. The van der Waals surface area contributed by atoms with Gasteiger partial charge in [-0.15, -0.1) is 0 Å². The van der Waals surface area contributed by atoms with E-state index in [1.165, 1.54) is 19.3 Å². The molecule has 1 aliphatic rings. The van der Waals surface area contributed by atoms with Crippen molar-refractivity contribution in [1.82, 2.24) is 0 Å². The van der Waals surface area contributed by atoms with Gasteiger partial charge in [0.2, 0.25) is 0 Å². The van der Waals surface area contributed by atoms with Gasteiger partial charge in [0.15, 0.2) is 0 Å². The Balaban J connectivity index is 2.50. The lowest BCUT2D eigenvalue weighted by atomic mass is 9.78. The maximum atomic E-state index is 11.6. The largest absolute Gasteiger partial charge is 0.478 e. The summed E-state index contributed by atoms with van der Waals surface area (Å²) >= 11 is 0. The summed E-state index contributed by atoms with van der Waals surface area (Å²) in [7, 11) is 0. The van der Waals surface area contributed by atoms with E-state index in [1.807, 2.05) is 0 Å². The van der Waals surface area contributed by atoms with Crippen LogP contribution in [0.5, 0.6) is 0 Å². The Morgan fingerprint density at radius 2 is 2.00 bits per heavy atom. The second-order valence-corrected chi connectivity index (χ2v) is 5.82. The minimum Gasteiger partial charge on any atom is -0.478 e. The number of esters is 1. The molecule has 1 N–H and O–H groups in total. The molecule has 114 valence electrons. The number of hydrogen-bond donors (Lipinski definition) is 1. The van der Waals surface area contributed by atoms with Crippen LogP contribution in [0.25, 0.3) is 0 Å². The van der Waals surface area contributed by atoms with Gasteiger partial charge >= 0.3 is 11.9 Å². The second-order valence-electron chi connectivity index (χ2n) is 5.82. The highest BCUT2D eigenvalue weighted by Crippen LogP contribution is 2.34. The number of unbranched alkanes of at least 4 members (excludes halogenated alkanes) is 2. The zero-order chi connectivity index (χ0) is 15.0. The molecule has 1 rings (SSSR count). The van der Waals surface area contributed by atoms with E-state index in [1.54, 1.807) is 0 Å². The third kappa shape index (κ3) is 6.22. The van der Waals surface area contributed by atoms with Crippen LogP contribution in [0.4, 0.5) is 0 Å². The summed E-state index contributed by atoms with van der Waals surface area (Å²) in [5.41, 5.74) is 0. The summed E-state index contributed by atoms with van der Waals surface area (Å²) in [4.78, 5) is 22.0. The highest BCUT2D eigenvalue weighted by molar-refractivity contribution is 5.90. The molecule has 4 nitrogen and oxygen atoms in total. The summed E-state index contributed by atoms with van der Waals surface area (Å²) in [5, 5.41) is 8.50. The Bertz CT molecular complexity index is 348. The molecule has 4 heteroatoms. The highest BCUT2D eigenvalue weighted by Gasteiger charge is 2.30. The summed E-state index contributed by atoms with van der Waals surface area (Å²) in [5.74, 6) is -0.551. The van der Waals surface area contributed by atoms with Crippen molar-refractivity contribution in [2.45, 2.75) is 64.9 Å². The normalized spacial score (nSPS) is 26.6. The minimum absolute atomic E-state index is 0.0472. The summed E-state index contributed by atoms with van der Waals surface area (Å²) in [6.45, 7) is 4.42. The lowest BCUT2D eigenvalue weighted by Crippen LogP contribution is -2.32. The molecule has 20 heavy (non-hydrogen) atoms. The smallest absolute Gasteiger partial charge is 0.331 e. The van der Waals surface area contributed by atoms with E-state index in [-0.39, 0.29) is 6.10 Å². The van der Waals surface area contributed by atoms with Crippen molar-refractivity contribution in [2.75, 3.05) is 0 Å². The monoisotopic (exact) mass is 282 g/mol. The van der Waals surface area contributed by atoms with E-state index in [0.29, 0.717) is 11.8 Å². The molecule has 1 saturated carbocycles. The van der Waals surface area contributed by atoms with Gasteiger partial charge < -0.3 is 9.84 Å². The van der Waals surface area contributed by atoms with Gasteiger partial charge in [0.1, 0.15) is 6.10 Å². The average Bonchev–Trinajstić information content (AvgIpc) is 2.39. The summed E-state index contributed by atoms with van der Waals surface area (Å²) < 4.78 is 5.44. The fourth-order valence-electron chi connectivity index (χ4n) is 2.91. The van der Waals surface area contributed by atoms with Crippen LogP contribution >= 0.6 is 0 Å². The highest BCUT2D eigenvalue weighted by atomic mass is 16.5. The van der Waals surface area contributed by atoms with Crippen LogP contribution in [0.3, 0.4) is 0 Å². The molecule has 1 fully saturated rings. The van der Waals surface area contributed by atoms with Crippen molar-refractivity contribution >= 4 is 11.9 Å². The first-order valence-corrected chi connectivity index (χ1v) is 7.64. The predicted molar refractivity (Wildman–Crippen MR) is 77.3 cm³/mol. The number of carbonyl (C=O) groups excluding carboxylic acids is 1. The topological polar surface area (TPSA) is 63.6 Å².